The molecule has 11 nitrogen and oxygen atoms in total. The Labute approximate surface area is 165 Å². The minimum atomic E-state index is -1.20. The summed E-state index contributed by atoms with van der Waals surface area (Å²) < 4.78 is 5.12. The number of benzene rings is 1. The topological polar surface area (TPSA) is 163 Å². The van der Waals surface area contributed by atoms with Crippen molar-refractivity contribution in [1.29, 1.82) is 0 Å². The second-order valence-corrected chi connectivity index (χ2v) is 5.93. The number of carboxylic acids is 1. The number of carbonyl (C=O) groups excluding carboxylic acids is 3. The van der Waals surface area contributed by atoms with Gasteiger partial charge in [0.2, 0.25) is 11.8 Å². The molecular weight excluding hydrogens is 382 g/mol. The van der Waals surface area contributed by atoms with Crippen molar-refractivity contribution in [1.82, 2.24) is 25.9 Å². The van der Waals surface area contributed by atoms with Crippen molar-refractivity contribution in [2.24, 2.45) is 0 Å². The normalized spacial score (nSPS) is 11.2. The number of rotatable bonds is 10. The van der Waals surface area contributed by atoms with Gasteiger partial charge in [0.05, 0.1) is 12.9 Å². The summed E-state index contributed by atoms with van der Waals surface area (Å²) in [6.45, 7) is -0.967. The van der Waals surface area contributed by atoms with Crippen LogP contribution in [0.15, 0.2) is 42.9 Å². The minimum Gasteiger partial charge on any atom is -0.480 e. The van der Waals surface area contributed by atoms with Crippen LogP contribution >= 0.6 is 0 Å². The zero-order valence-corrected chi connectivity index (χ0v) is 15.4. The number of H-pyrrole nitrogens is 1. The summed E-state index contributed by atoms with van der Waals surface area (Å²) in [7, 11) is 0. The Morgan fingerprint density at radius 3 is 2.52 bits per heavy atom. The van der Waals surface area contributed by atoms with Gasteiger partial charge >= 0.3 is 12.1 Å². The summed E-state index contributed by atoms with van der Waals surface area (Å²) in [6.07, 6.45) is 2.21. The van der Waals surface area contributed by atoms with Crippen LogP contribution in [0.2, 0.25) is 0 Å². The second kappa shape index (κ2) is 11.1. The van der Waals surface area contributed by atoms with Gasteiger partial charge in [-0.05, 0) is 5.56 Å². The van der Waals surface area contributed by atoms with Crippen molar-refractivity contribution in [2.75, 3.05) is 13.1 Å². The van der Waals surface area contributed by atoms with E-state index in [9.17, 15) is 19.2 Å². The number of imidazole rings is 1. The largest absolute Gasteiger partial charge is 0.480 e. The maximum atomic E-state index is 12.4. The predicted molar refractivity (Wildman–Crippen MR) is 99.5 cm³/mol. The third kappa shape index (κ3) is 8.12. The number of hydrogen-bond donors (Lipinski definition) is 5. The number of aliphatic carboxylic acids is 1. The van der Waals surface area contributed by atoms with E-state index in [0.717, 1.165) is 5.56 Å². The molecule has 0 unspecified atom stereocenters. The van der Waals surface area contributed by atoms with E-state index in [0.29, 0.717) is 5.69 Å². The molecule has 1 aromatic carbocycles. The molecule has 3 amide bonds. The Kier molecular flexibility index (Phi) is 8.17. The summed E-state index contributed by atoms with van der Waals surface area (Å²) >= 11 is 0. The van der Waals surface area contributed by atoms with Crippen molar-refractivity contribution in [3.8, 4) is 0 Å². The fourth-order valence-corrected chi connectivity index (χ4v) is 2.26. The number of carboxylic acid groups (broad SMARTS) is 1. The first-order valence-electron chi connectivity index (χ1n) is 8.64. The molecule has 2 rings (SSSR count). The molecule has 1 heterocycles. The van der Waals surface area contributed by atoms with Crippen molar-refractivity contribution in [2.45, 2.75) is 19.1 Å². The maximum absolute atomic E-state index is 12.4. The van der Waals surface area contributed by atoms with Crippen LogP contribution in [0.25, 0.3) is 0 Å². The minimum absolute atomic E-state index is 0.0304. The van der Waals surface area contributed by atoms with Gasteiger partial charge in [-0.1, -0.05) is 30.3 Å². The molecule has 1 aromatic heterocycles. The first-order valence-corrected chi connectivity index (χ1v) is 8.64. The Morgan fingerprint density at radius 2 is 1.86 bits per heavy atom. The van der Waals surface area contributed by atoms with E-state index in [-0.39, 0.29) is 13.0 Å². The summed E-state index contributed by atoms with van der Waals surface area (Å²) in [4.78, 5) is 53.2. The molecule has 11 heteroatoms. The summed E-state index contributed by atoms with van der Waals surface area (Å²) in [5.74, 6) is -2.51. The molecule has 2 aromatic rings. The molecule has 0 saturated carbocycles. The summed E-state index contributed by atoms with van der Waals surface area (Å²) in [5, 5.41) is 15.5. The number of aromatic amines is 1. The number of amides is 3. The number of nitrogens with one attached hydrogen (secondary N) is 4. The maximum Gasteiger partial charge on any atom is 0.408 e. The summed E-state index contributed by atoms with van der Waals surface area (Å²) in [5.41, 5.74) is 1.37. The Hall–Kier alpha value is -3.89. The van der Waals surface area contributed by atoms with E-state index in [2.05, 4.69) is 25.9 Å². The smallest absolute Gasteiger partial charge is 0.408 e. The Balaban J connectivity index is 1.89. The SMILES string of the molecule is O=C(O)CNC(=O)CNC(=O)[C@H](Cc1cnc[nH]1)NC(=O)OCc1ccccc1. The summed E-state index contributed by atoms with van der Waals surface area (Å²) in [6, 6.07) is 7.99. The predicted octanol–water partition coefficient (Wildman–Crippen LogP) is -0.436. The van der Waals surface area contributed by atoms with Crippen molar-refractivity contribution >= 4 is 23.9 Å². The highest BCUT2D eigenvalue weighted by molar-refractivity contribution is 5.90. The van der Waals surface area contributed by atoms with Gasteiger partial charge in [-0.15, -0.1) is 0 Å². The van der Waals surface area contributed by atoms with Gasteiger partial charge in [-0.25, -0.2) is 9.78 Å². The Bertz CT molecular complexity index is 825. The highest BCUT2D eigenvalue weighted by atomic mass is 16.5. The van der Waals surface area contributed by atoms with Crippen LogP contribution in [0.5, 0.6) is 0 Å². The third-order valence-corrected chi connectivity index (χ3v) is 3.66. The molecular formula is C18H21N5O6. The van der Waals surface area contributed by atoms with Crippen molar-refractivity contribution in [3.05, 3.63) is 54.1 Å². The van der Waals surface area contributed by atoms with Crippen LogP contribution in [0, 0.1) is 0 Å². The molecule has 29 heavy (non-hydrogen) atoms. The van der Waals surface area contributed by atoms with E-state index in [1.165, 1.54) is 12.5 Å². The molecule has 0 bridgehead atoms. The number of aromatic nitrogens is 2. The van der Waals surface area contributed by atoms with Gasteiger partial charge in [0.1, 0.15) is 19.2 Å². The van der Waals surface area contributed by atoms with Crippen LogP contribution in [0.4, 0.5) is 4.79 Å². The van der Waals surface area contributed by atoms with E-state index >= 15 is 0 Å². The van der Waals surface area contributed by atoms with Gasteiger partial charge < -0.3 is 30.8 Å². The zero-order chi connectivity index (χ0) is 21.1. The quantitative estimate of drug-likeness (QED) is 0.359. The second-order valence-electron chi connectivity index (χ2n) is 5.93. The monoisotopic (exact) mass is 403 g/mol. The lowest BCUT2D eigenvalue weighted by Gasteiger charge is -2.17. The standard InChI is InChI=1S/C18H21N5O6/c24-15(20-9-16(25)26)8-21-17(27)14(6-13-7-19-11-22-13)23-18(28)29-10-12-4-2-1-3-5-12/h1-5,7,11,14H,6,8-10H2,(H,19,22)(H,20,24)(H,21,27)(H,23,28)(H,25,26)/t14-/m0/s1. The molecule has 0 spiro atoms. The molecule has 0 fully saturated rings. The average molecular weight is 403 g/mol. The lowest BCUT2D eigenvalue weighted by molar-refractivity contribution is -0.137. The molecule has 154 valence electrons. The van der Waals surface area contributed by atoms with Crippen molar-refractivity contribution < 1.29 is 29.0 Å². The number of hydrogen-bond acceptors (Lipinski definition) is 6. The zero-order valence-electron chi connectivity index (χ0n) is 15.4. The fraction of sp³-hybridized carbons (Fsp3) is 0.278. The van der Waals surface area contributed by atoms with Gasteiger partial charge in [0.15, 0.2) is 0 Å². The van der Waals surface area contributed by atoms with Crippen LogP contribution in [0.3, 0.4) is 0 Å². The van der Waals surface area contributed by atoms with E-state index in [1.807, 2.05) is 6.07 Å². The number of ether oxygens (including phenoxy) is 1. The lowest BCUT2D eigenvalue weighted by Crippen LogP contribution is -2.50. The molecule has 0 aliphatic rings. The Morgan fingerprint density at radius 1 is 1.10 bits per heavy atom. The van der Waals surface area contributed by atoms with Crippen molar-refractivity contribution in [3.63, 3.8) is 0 Å². The van der Waals surface area contributed by atoms with Gasteiger partial charge in [-0.3, -0.25) is 14.4 Å². The molecule has 0 aliphatic heterocycles. The van der Waals surface area contributed by atoms with E-state index in [4.69, 9.17) is 9.84 Å². The first kappa shape index (κ1) is 21.4. The molecule has 1 atom stereocenters. The number of alkyl carbamates (subject to hydrolysis) is 1. The van der Waals surface area contributed by atoms with Gasteiger partial charge in [0.25, 0.3) is 0 Å². The van der Waals surface area contributed by atoms with Crippen LogP contribution < -0.4 is 16.0 Å². The van der Waals surface area contributed by atoms with Gasteiger partial charge in [-0.2, -0.15) is 0 Å². The molecule has 0 aliphatic carbocycles. The molecule has 0 radical (unpaired) electrons. The highest BCUT2D eigenvalue weighted by Gasteiger charge is 2.23. The van der Waals surface area contributed by atoms with E-state index < -0.39 is 43.0 Å². The van der Waals surface area contributed by atoms with E-state index in [1.54, 1.807) is 24.3 Å². The molecule has 5 N–H and O–H groups in total. The highest BCUT2D eigenvalue weighted by Crippen LogP contribution is 2.03. The van der Waals surface area contributed by atoms with Crippen LogP contribution in [-0.2, 0) is 32.1 Å². The third-order valence-electron chi connectivity index (χ3n) is 3.66. The lowest BCUT2D eigenvalue weighted by atomic mass is 10.1. The molecule has 0 saturated heterocycles. The fourth-order valence-electron chi connectivity index (χ4n) is 2.26. The first-order chi connectivity index (χ1) is 13.9. The average Bonchev–Trinajstić information content (AvgIpc) is 3.22. The number of carbonyl (C=O) groups is 4. The van der Waals surface area contributed by atoms with Crippen LogP contribution in [0.1, 0.15) is 11.3 Å². The van der Waals surface area contributed by atoms with Crippen LogP contribution in [-0.4, -0.2) is 58.1 Å². The van der Waals surface area contributed by atoms with Gasteiger partial charge in [0, 0.05) is 18.3 Å². The number of nitrogens with zero attached hydrogens (tertiary/aromatic N) is 1.